The summed E-state index contributed by atoms with van der Waals surface area (Å²) in [5.74, 6) is 2.71. The molecule has 0 saturated heterocycles. The lowest BCUT2D eigenvalue weighted by molar-refractivity contribution is -0.146. The quantitative estimate of drug-likeness (QED) is 0.832. The molecule has 6 rings (SSSR count). The molecular weight excluding hydrogens is 340 g/mol. The van der Waals surface area contributed by atoms with Gasteiger partial charge in [0.25, 0.3) is 0 Å². The molecule has 1 amide bonds. The molecule has 0 unspecified atom stereocenters. The number of aryl methyl sites for hydroxylation is 1. The zero-order valence-electron chi connectivity index (χ0n) is 15.3. The minimum atomic E-state index is -0.0659. The number of amides is 1. The van der Waals surface area contributed by atoms with Crippen LogP contribution in [0.2, 0.25) is 0 Å². The first-order valence-corrected chi connectivity index (χ1v) is 10.8. The third-order valence-corrected chi connectivity index (χ3v) is 7.80. The van der Waals surface area contributed by atoms with Crippen LogP contribution in [0.5, 0.6) is 0 Å². The lowest BCUT2D eigenvalue weighted by Crippen LogP contribution is -2.53. The van der Waals surface area contributed by atoms with Crippen LogP contribution in [0.4, 0.5) is 0 Å². The Kier molecular flexibility index (Phi) is 3.93. The summed E-state index contributed by atoms with van der Waals surface area (Å²) >= 11 is 1.67. The molecule has 4 aliphatic rings. The number of nitrogens with zero attached hydrogens (tertiary/aromatic N) is 1. The van der Waals surface area contributed by atoms with Crippen molar-refractivity contribution in [1.29, 1.82) is 0 Å². The lowest BCUT2D eigenvalue weighted by Gasteiger charge is -2.55. The van der Waals surface area contributed by atoms with Crippen molar-refractivity contribution in [3.63, 3.8) is 0 Å². The molecule has 0 radical (unpaired) electrons. The number of carbonyl (C=O) groups excluding carboxylic acids is 1. The van der Waals surface area contributed by atoms with E-state index in [0.717, 1.165) is 47.7 Å². The van der Waals surface area contributed by atoms with Gasteiger partial charge in [-0.25, -0.2) is 4.98 Å². The summed E-state index contributed by atoms with van der Waals surface area (Å²) in [5.41, 5.74) is 3.34. The molecule has 4 fully saturated rings. The van der Waals surface area contributed by atoms with Gasteiger partial charge in [-0.2, -0.15) is 0 Å². The van der Waals surface area contributed by atoms with Crippen LogP contribution >= 0.6 is 11.3 Å². The Balaban J connectivity index is 1.27. The minimum Gasteiger partial charge on any atom is -0.350 e. The van der Waals surface area contributed by atoms with Gasteiger partial charge in [-0.1, -0.05) is 24.3 Å². The van der Waals surface area contributed by atoms with Crippen LogP contribution in [0.25, 0.3) is 10.6 Å². The first kappa shape index (κ1) is 16.5. The third-order valence-electron chi connectivity index (χ3n) is 6.88. The SMILES string of the molecule is Cc1ccccc1-c1nc(CNC(=O)C23CC4CC(CC(C4)C2)C3)cs1. The topological polar surface area (TPSA) is 42.0 Å². The normalized spacial score (nSPS) is 32.0. The number of aromatic nitrogens is 1. The minimum absolute atomic E-state index is 0.0659. The fraction of sp³-hybridized carbons (Fsp3) is 0.545. The van der Waals surface area contributed by atoms with Gasteiger partial charge in [0.15, 0.2) is 0 Å². The van der Waals surface area contributed by atoms with Crippen LogP contribution in [0.1, 0.15) is 49.8 Å². The highest BCUT2D eigenvalue weighted by Gasteiger charge is 2.54. The molecule has 0 spiro atoms. The van der Waals surface area contributed by atoms with E-state index in [0.29, 0.717) is 12.5 Å². The fourth-order valence-electron chi connectivity index (χ4n) is 6.07. The molecule has 0 atom stereocenters. The van der Waals surface area contributed by atoms with Crippen LogP contribution in [-0.4, -0.2) is 10.9 Å². The number of thiazole rings is 1. The zero-order valence-corrected chi connectivity index (χ0v) is 16.1. The Labute approximate surface area is 159 Å². The second-order valence-electron chi connectivity index (χ2n) is 8.84. The maximum atomic E-state index is 13.1. The second kappa shape index (κ2) is 6.19. The number of rotatable bonds is 4. The van der Waals surface area contributed by atoms with E-state index in [4.69, 9.17) is 4.98 Å². The van der Waals surface area contributed by atoms with Crippen LogP contribution in [0.15, 0.2) is 29.6 Å². The standard InChI is InChI=1S/C22H26N2OS/c1-14-4-2-3-5-19(14)20-24-18(13-26-20)12-23-21(25)22-9-15-6-16(10-22)8-17(7-15)11-22/h2-5,13,15-17H,6-12H2,1H3,(H,23,25). The molecule has 2 aromatic rings. The van der Waals surface area contributed by atoms with E-state index < -0.39 is 0 Å². The average molecular weight is 367 g/mol. The van der Waals surface area contributed by atoms with Gasteiger partial charge in [-0.15, -0.1) is 11.3 Å². The molecule has 4 heteroatoms. The number of nitrogens with one attached hydrogen (secondary N) is 1. The van der Waals surface area contributed by atoms with Crippen molar-refractivity contribution in [2.75, 3.05) is 0 Å². The van der Waals surface area contributed by atoms with Crippen LogP contribution in [-0.2, 0) is 11.3 Å². The van der Waals surface area contributed by atoms with Crippen molar-refractivity contribution in [1.82, 2.24) is 10.3 Å². The molecule has 1 heterocycles. The van der Waals surface area contributed by atoms with Crippen molar-refractivity contribution in [2.24, 2.45) is 23.2 Å². The smallest absolute Gasteiger partial charge is 0.226 e. The van der Waals surface area contributed by atoms with E-state index in [1.54, 1.807) is 11.3 Å². The van der Waals surface area contributed by atoms with E-state index in [1.807, 2.05) is 0 Å². The summed E-state index contributed by atoms with van der Waals surface area (Å²) in [6, 6.07) is 8.34. The molecule has 4 bridgehead atoms. The Morgan fingerprint density at radius 1 is 1.15 bits per heavy atom. The van der Waals surface area contributed by atoms with E-state index in [1.165, 1.54) is 30.4 Å². The lowest BCUT2D eigenvalue weighted by atomic mass is 9.49. The average Bonchev–Trinajstić information content (AvgIpc) is 3.07. The van der Waals surface area contributed by atoms with Gasteiger partial charge in [0, 0.05) is 16.4 Å². The highest BCUT2D eigenvalue weighted by Crippen LogP contribution is 2.60. The molecule has 4 aliphatic carbocycles. The molecule has 0 aliphatic heterocycles. The highest BCUT2D eigenvalue weighted by molar-refractivity contribution is 7.13. The number of benzene rings is 1. The van der Waals surface area contributed by atoms with Gasteiger partial charge >= 0.3 is 0 Å². The van der Waals surface area contributed by atoms with Crippen molar-refractivity contribution in [3.8, 4) is 10.6 Å². The Hall–Kier alpha value is -1.68. The number of hydrogen-bond acceptors (Lipinski definition) is 3. The summed E-state index contributed by atoms with van der Waals surface area (Å²) < 4.78 is 0. The van der Waals surface area contributed by atoms with Gasteiger partial charge in [-0.3, -0.25) is 4.79 Å². The molecule has 26 heavy (non-hydrogen) atoms. The maximum Gasteiger partial charge on any atom is 0.226 e. The summed E-state index contributed by atoms with van der Waals surface area (Å²) in [4.78, 5) is 17.8. The zero-order chi connectivity index (χ0) is 17.7. The predicted octanol–water partition coefficient (Wildman–Crippen LogP) is 4.95. The molecule has 4 saturated carbocycles. The Bertz CT molecular complexity index is 805. The molecule has 1 aromatic carbocycles. The van der Waals surface area contributed by atoms with E-state index >= 15 is 0 Å². The molecule has 1 aromatic heterocycles. The molecule has 3 nitrogen and oxygen atoms in total. The number of hydrogen-bond donors (Lipinski definition) is 1. The van der Waals surface area contributed by atoms with E-state index in [-0.39, 0.29) is 5.41 Å². The van der Waals surface area contributed by atoms with Crippen molar-refractivity contribution < 1.29 is 4.79 Å². The van der Waals surface area contributed by atoms with Gasteiger partial charge in [0.1, 0.15) is 5.01 Å². The monoisotopic (exact) mass is 366 g/mol. The molecule has 1 N–H and O–H groups in total. The highest BCUT2D eigenvalue weighted by atomic mass is 32.1. The Morgan fingerprint density at radius 2 is 1.81 bits per heavy atom. The van der Waals surface area contributed by atoms with Crippen molar-refractivity contribution in [3.05, 3.63) is 40.9 Å². The van der Waals surface area contributed by atoms with Gasteiger partial charge in [0.2, 0.25) is 5.91 Å². The second-order valence-corrected chi connectivity index (χ2v) is 9.70. The fourth-order valence-corrected chi connectivity index (χ4v) is 6.98. The van der Waals surface area contributed by atoms with E-state index in [2.05, 4.69) is 41.9 Å². The third kappa shape index (κ3) is 2.79. The van der Waals surface area contributed by atoms with Gasteiger partial charge in [-0.05, 0) is 68.8 Å². The first-order valence-electron chi connectivity index (χ1n) is 9.90. The van der Waals surface area contributed by atoms with E-state index in [9.17, 15) is 4.79 Å². The van der Waals surface area contributed by atoms with Crippen LogP contribution in [0.3, 0.4) is 0 Å². The van der Waals surface area contributed by atoms with Crippen LogP contribution in [0, 0.1) is 30.1 Å². The van der Waals surface area contributed by atoms with Crippen LogP contribution < -0.4 is 5.32 Å². The summed E-state index contributed by atoms with van der Waals surface area (Å²) in [7, 11) is 0. The molecule has 136 valence electrons. The summed E-state index contributed by atoms with van der Waals surface area (Å²) in [5, 5.41) is 6.37. The Morgan fingerprint density at radius 3 is 2.46 bits per heavy atom. The summed E-state index contributed by atoms with van der Waals surface area (Å²) in [6.07, 6.45) is 7.48. The van der Waals surface area contributed by atoms with Crippen molar-refractivity contribution >= 4 is 17.2 Å². The molecular formula is C22H26N2OS. The van der Waals surface area contributed by atoms with Crippen molar-refractivity contribution in [2.45, 2.75) is 52.0 Å². The predicted molar refractivity (Wildman–Crippen MR) is 105 cm³/mol. The van der Waals surface area contributed by atoms with Gasteiger partial charge < -0.3 is 5.32 Å². The van der Waals surface area contributed by atoms with Gasteiger partial charge in [0.05, 0.1) is 12.2 Å². The maximum absolute atomic E-state index is 13.1. The first-order chi connectivity index (χ1) is 12.6. The number of carbonyl (C=O) groups is 1. The summed E-state index contributed by atoms with van der Waals surface area (Å²) in [6.45, 7) is 2.67. The largest absolute Gasteiger partial charge is 0.350 e.